The first-order chi connectivity index (χ1) is 14.6. The summed E-state index contributed by atoms with van der Waals surface area (Å²) in [6, 6.07) is 15.3. The van der Waals surface area contributed by atoms with Gasteiger partial charge >= 0.3 is 6.03 Å². The van der Waals surface area contributed by atoms with E-state index in [0.717, 1.165) is 32.5 Å². The van der Waals surface area contributed by atoms with Crippen molar-refractivity contribution in [3.05, 3.63) is 48.0 Å². The average molecular weight is 408 g/mol. The van der Waals surface area contributed by atoms with Gasteiger partial charge in [-0.25, -0.2) is 4.79 Å². The molecular weight excluding hydrogens is 370 g/mol. The molecular formula is C26H37N3O. The van der Waals surface area contributed by atoms with Gasteiger partial charge < -0.3 is 15.1 Å². The number of fused-ring (bicyclic) bond motifs is 1. The maximum atomic E-state index is 13.5. The highest BCUT2D eigenvalue weighted by Gasteiger charge is 2.30. The Morgan fingerprint density at radius 1 is 1.03 bits per heavy atom. The first-order valence-corrected chi connectivity index (χ1v) is 11.8. The molecule has 4 heteroatoms. The second-order valence-corrected chi connectivity index (χ2v) is 9.43. The summed E-state index contributed by atoms with van der Waals surface area (Å²) in [5, 5.41) is 5.81. The van der Waals surface area contributed by atoms with E-state index in [4.69, 9.17) is 0 Å². The van der Waals surface area contributed by atoms with Gasteiger partial charge in [-0.3, -0.25) is 0 Å². The van der Waals surface area contributed by atoms with Crippen LogP contribution in [0, 0.1) is 5.92 Å². The highest BCUT2D eigenvalue weighted by Crippen LogP contribution is 2.28. The number of carbonyl (C=O) groups excluding carboxylic acids is 1. The molecule has 162 valence electrons. The molecule has 1 aliphatic carbocycles. The van der Waals surface area contributed by atoms with Gasteiger partial charge in [-0.15, -0.1) is 0 Å². The van der Waals surface area contributed by atoms with Gasteiger partial charge in [0.15, 0.2) is 0 Å². The maximum absolute atomic E-state index is 13.5. The number of rotatable bonds is 5. The van der Waals surface area contributed by atoms with Crippen LogP contribution >= 0.6 is 0 Å². The molecule has 2 fully saturated rings. The number of amides is 2. The molecule has 0 spiro atoms. The number of carbonyl (C=O) groups is 1. The lowest BCUT2D eigenvalue weighted by Gasteiger charge is -2.40. The Morgan fingerprint density at radius 3 is 2.50 bits per heavy atom. The summed E-state index contributed by atoms with van der Waals surface area (Å²) < 4.78 is 0. The summed E-state index contributed by atoms with van der Waals surface area (Å²) >= 11 is 0. The van der Waals surface area contributed by atoms with Crippen molar-refractivity contribution in [2.24, 2.45) is 5.92 Å². The number of likely N-dealkylation sites (tertiary alicyclic amines) is 1. The zero-order chi connectivity index (χ0) is 20.9. The van der Waals surface area contributed by atoms with E-state index in [1.165, 1.54) is 48.4 Å². The summed E-state index contributed by atoms with van der Waals surface area (Å²) in [6.45, 7) is 5.20. The van der Waals surface area contributed by atoms with Crippen molar-refractivity contribution in [3.63, 3.8) is 0 Å². The minimum atomic E-state index is -0.0104. The fourth-order valence-corrected chi connectivity index (χ4v) is 5.33. The molecule has 1 saturated heterocycles. The molecule has 1 heterocycles. The molecule has 1 aliphatic heterocycles. The Kier molecular flexibility index (Phi) is 6.93. The van der Waals surface area contributed by atoms with Crippen LogP contribution in [0.5, 0.6) is 0 Å². The van der Waals surface area contributed by atoms with Crippen molar-refractivity contribution in [3.8, 4) is 0 Å². The zero-order valence-electron chi connectivity index (χ0n) is 18.6. The maximum Gasteiger partial charge on any atom is 0.318 e. The summed E-state index contributed by atoms with van der Waals surface area (Å²) in [4.78, 5) is 18.1. The first-order valence-electron chi connectivity index (χ1n) is 11.8. The van der Waals surface area contributed by atoms with Gasteiger partial charge in [0.1, 0.15) is 0 Å². The lowest BCUT2D eigenvalue weighted by molar-refractivity contribution is 0.111. The molecule has 0 bridgehead atoms. The van der Waals surface area contributed by atoms with E-state index in [9.17, 15) is 4.79 Å². The Hall–Kier alpha value is -2.07. The van der Waals surface area contributed by atoms with Crippen LogP contribution in [0.4, 0.5) is 4.79 Å². The van der Waals surface area contributed by atoms with E-state index in [0.29, 0.717) is 12.0 Å². The topological polar surface area (TPSA) is 35.6 Å². The first kappa shape index (κ1) is 21.2. The van der Waals surface area contributed by atoms with Crippen LogP contribution < -0.4 is 5.32 Å². The van der Waals surface area contributed by atoms with Crippen LogP contribution in [0.3, 0.4) is 0 Å². The Balaban J connectivity index is 1.49. The number of nitrogens with one attached hydrogen (secondary N) is 1. The van der Waals surface area contributed by atoms with Gasteiger partial charge in [0.25, 0.3) is 0 Å². The van der Waals surface area contributed by atoms with Crippen molar-refractivity contribution >= 4 is 16.8 Å². The highest BCUT2D eigenvalue weighted by molar-refractivity contribution is 5.86. The SMILES string of the molecule is CC(NC(=O)N(CC1CCCCC1)C1CCN(C)CC1)c1cccc2ccccc12. The number of urea groups is 1. The van der Waals surface area contributed by atoms with Gasteiger partial charge in [-0.05, 0) is 75.0 Å². The quantitative estimate of drug-likeness (QED) is 0.701. The van der Waals surface area contributed by atoms with E-state index in [1.54, 1.807) is 0 Å². The molecule has 2 aromatic rings. The fraction of sp³-hybridized carbons (Fsp3) is 0.577. The monoisotopic (exact) mass is 407 g/mol. The van der Waals surface area contributed by atoms with Crippen molar-refractivity contribution in [2.45, 2.75) is 64.0 Å². The zero-order valence-corrected chi connectivity index (χ0v) is 18.6. The van der Waals surface area contributed by atoms with Crippen molar-refractivity contribution < 1.29 is 4.79 Å². The lowest BCUT2D eigenvalue weighted by atomic mass is 9.88. The van der Waals surface area contributed by atoms with Crippen LogP contribution in [0.2, 0.25) is 0 Å². The van der Waals surface area contributed by atoms with Crippen LogP contribution in [-0.4, -0.2) is 48.6 Å². The molecule has 4 rings (SSSR count). The smallest absolute Gasteiger partial charge is 0.318 e. The molecule has 1 atom stereocenters. The van der Waals surface area contributed by atoms with E-state index in [-0.39, 0.29) is 12.1 Å². The minimum Gasteiger partial charge on any atom is -0.331 e. The second-order valence-electron chi connectivity index (χ2n) is 9.43. The molecule has 2 aromatic carbocycles. The molecule has 2 aliphatic rings. The Labute approximate surface area is 181 Å². The molecule has 1 saturated carbocycles. The summed E-state index contributed by atoms with van der Waals surface area (Å²) in [6.07, 6.45) is 8.71. The van der Waals surface area contributed by atoms with Crippen LogP contribution in [0.25, 0.3) is 10.8 Å². The van der Waals surface area contributed by atoms with Crippen LogP contribution in [0.15, 0.2) is 42.5 Å². The molecule has 0 aromatic heterocycles. The number of hydrogen-bond donors (Lipinski definition) is 1. The minimum absolute atomic E-state index is 0.0104. The van der Waals surface area contributed by atoms with Gasteiger partial charge in [0.05, 0.1) is 6.04 Å². The number of piperidine rings is 1. The van der Waals surface area contributed by atoms with E-state index in [2.05, 4.69) is 71.6 Å². The third kappa shape index (κ3) is 4.97. The fourth-order valence-electron chi connectivity index (χ4n) is 5.33. The largest absolute Gasteiger partial charge is 0.331 e. The number of hydrogen-bond acceptors (Lipinski definition) is 2. The molecule has 0 radical (unpaired) electrons. The predicted molar refractivity (Wildman–Crippen MR) is 125 cm³/mol. The number of nitrogens with zero attached hydrogens (tertiary/aromatic N) is 2. The van der Waals surface area contributed by atoms with Crippen LogP contribution in [-0.2, 0) is 0 Å². The standard InChI is InChI=1S/C26H37N3O/c1-20(24-14-8-12-22-11-6-7-13-25(22)24)27-26(30)29(19-21-9-4-3-5-10-21)23-15-17-28(2)18-16-23/h6-8,11-14,20-21,23H,3-5,9-10,15-19H2,1-2H3,(H,27,30). The molecule has 1 unspecified atom stereocenters. The van der Waals surface area contributed by atoms with Crippen molar-refractivity contribution in [1.29, 1.82) is 0 Å². The van der Waals surface area contributed by atoms with Gasteiger partial charge in [0.2, 0.25) is 0 Å². The van der Waals surface area contributed by atoms with Crippen molar-refractivity contribution in [1.82, 2.24) is 15.1 Å². The second kappa shape index (κ2) is 9.82. The van der Waals surface area contributed by atoms with Crippen molar-refractivity contribution in [2.75, 3.05) is 26.7 Å². The van der Waals surface area contributed by atoms with Gasteiger partial charge in [-0.1, -0.05) is 61.7 Å². The Morgan fingerprint density at radius 2 is 1.73 bits per heavy atom. The van der Waals surface area contributed by atoms with E-state index >= 15 is 0 Å². The summed E-state index contributed by atoms with van der Waals surface area (Å²) in [5.74, 6) is 0.664. The Bertz CT molecular complexity index is 832. The molecule has 4 nitrogen and oxygen atoms in total. The normalized spacial score (nSPS) is 20.2. The lowest BCUT2D eigenvalue weighted by Crippen LogP contribution is -2.52. The van der Waals surface area contributed by atoms with Gasteiger partial charge in [0, 0.05) is 12.6 Å². The highest BCUT2D eigenvalue weighted by atomic mass is 16.2. The third-order valence-corrected chi connectivity index (χ3v) is 7.20. The summed E-state index contributed by atoms with van der Waals surface area (Å²) in [7, 11) is 2.18. The van der Waals surface area contributed by atoms with Gasteiger partial charge in [-0.2, -0.15) is 0 Å². The molecule has 2 amide bonds. The molecule has 30 heavy (non-hydrogen) atoms. The average Bonchev–Trinajstić information content (AvgIpc) is 2.78. The van der Waals surface area contributed by atoms with Crippen LogP contribution in [0.1, 0.15) is 63.5 Å². The molecule has 1 N–H and O–H groups in total. The summed E-state index contributed by atoms with van der Waals surface area (Å²) in [5.41, 5.74) is 1.20. The van der Waals surface area contributed by atoms with E-state index < -0.39 is 0 Å². The predicted octanol–water partition coefficient (Wildman–Crippen LogP) is 5.59. The van der Waals surface area contributed by atoms with E-state index in [1.807, 2.05) is 0 Å². The number of benzene rings is 2. The third-order valence-electron chi connectivity index (χ3n) is 7.20.